The molecule has 43 heavy (non-hydrogen) atoms. The van der Waals surface area contributed by atoms with Crippen LogP contribution in [-0.4, -0.2) is 12.7 Å². The monoisotopic (exact) mass is 579 g/mol. The fourth-order valence-electron chi connectivity index (χ4n) is 5.97. The van der Waals surface area contributed by atoms with Crippen LogP contribution < -0.4 is 5.32 Å². The topological polar surface area (TPSA) is 29.1 Å². The van der Waals surface area contributed by atoms with E-state index < -0.39 is 7.14 Å². The minimum Gasteiger partial charge on any atom is -0.388 e. The van der Waals surface area contributed by atoms with Crippen LogP contribution in [0, 0.1) is 0 Å². The van der Waals surface area contributed by atoms with Gasteiger partial charge in [-0.1, -0.05) is 147 Å². The van der Waals surface area contributed by atoms with Crippen LogP contribution in [0.4, 0.5) is 5.69 Å². The predicted octanol–water partition coefficient (Wildman–Crippen LogP) is 11.4. The van der Waals surface area contributed by atoms with E-state index in [1.807, 2.05) is 43.5 Å². The third-order valence-corrected chi connectivity index (χ3v) is 11.5. The van der Waals surface area contributed by atoms with E-state index in [0.717, 1.165) is 16.6 Å². The third kappa shape index (κ3) is 5.98. The molecule has 0 aliphatic heterocycles. The lowest BCUT2D eigenvalue weighted by atomic mass is 9.89. The molecule has 2 unspecified atom stereocenters. The largest absolute Gasteiger partial charge is 0.388 e. The molecule has 0 saturated heterocycles. The van der Waals surface area contributed by atoms with Crippen LogP contribution in [0.1, 0.15) is 12.0 Å². The zero-order valence-corrected chi connectivity index (χ0v) is 25.6. The van der Waals surface area contributed by atoms with Crippen molar-refractivity contribution < 1.29 is 4.57 Å². The predicted molar refractivity (Wildman–Crippen MR) is 190 cm³/mol. The number of allylic oxidation sites excluding steroid dienone is 13. The van der Waals surface area contributed by atoms with E-state index in [4.69, 9.17) is 0 Å². The molecule has 0 heterocycles. The van der Waals surface area contributed by atoms with Crippen molar-refractivity contribution in [3.63, 3.8) is 0 Å². The van der Waals surface area contributed by atoms with E-state index in [-0.39, 0.29) is 5.66 Å². The van der Waals surface area contributed by atoms with Crippen molar-refractivity contribution in [2.45, 2.75) is 18.5 Å². The molecule has 0 fully saturated rings. The number of anilines is 1. The van der Waals surface area contributed by atoms with Gasteiger partial charge >= 0.3 is 0 Å². The molecular weight excluding hydrogens is 541 g/mol. The zero-order chi connectivity index (χ0) is 30.2. The van der Waals surface area contributed by atoms with E-state index >= 15 is 4.57 Å². The van der Waals surface area contributed by atoms with Crippen LogP contribution in [0.15, 0.2) is 170 Å². The summed E-state index contributed by atoms with van der Waals surface area (Å²) < 4.78 is 15.0. The second-order valence-electron chi connectivity index (χ2n) is 10.6. The van der Waals surface area contributed by atoms with Crippen LogP contribution in [0.25, 0.3) is 32.7 Å². The van der Waals surface area contributed by atoms with Crippen molar-refractivity contribution in [2.24, 2.45) is 0 Å². The Kier molecular flexibility index (Phi) is 9.40. The summed E-state index contributed by atoms with van der Waals surface area (Å²) in [6.07, 6.45) is 22.4. The summed E-state index contributed by atoms with van der Waals surface area (Å²) in [7, 11) is -1.11. The molecule has 0 bridgehead atoms. The highest BCUT2D eigenvalue weighted by Gasteiger charge is 2.36. The van der Waals surface area contributed by atoms with Gasteiger partial charge in [-0.15, -0.1) is 0 Å². The van der Waals surface area contributed by atoms with Gasteiger partial charge < -0.3 is 9.88 Å². The molecule has 5 rings (SSSR count). The number of rotatable bonds is 11. The molecule has 1 aliphatic rings. The van der Waals surface area contributed by atoms with Crippen molar-refractivity contribution in [1.82, 2.24) is 0 Å². The minimum atomic E-state index is -3.09. The molecule has 3 heteroatoms. The Morgan fingerprint density at radius 1 is 0.884 bits per heavy atom. The lowest BCUT2D eigenvalue weighted by molar-refractivity contribution is 0.579. The summed E-state index contributed by atoms with van der Waals surface area (Å²) in [5, 5.41) is 9.69. The molecule has 0 spiro atoms. The molecule has 214 valence electrons. The highest BCUT2D eigenvalue weighted by atomic mass is 31.2. The lowest BCUT2D eigenvalue weighted by Crippen LogP contribution is -2.09. The summed E-state index contributed by atoms with van der Waals surface area (Å²) in [4.78, 5) is 0. The van der Waals surface area contributed by atoms with Crippen LogP contribution in [0.2, 0.25) is 0 Å². The second-order valence-corrected chi connectivity index (χ2v) is 13.6. The first-order valence-corrected chi connectivity index (χ1v) is 16.4. The summed E-state index contributed by atoms with van der Waals surface area (Å²) in [6, 6.07) is 25.9. The molecule has 2 atom stereocenters. The van der Waals surface area contributed by atoms with Gasteiger partial charge in [0.15, 0.2) is 0 Å². The van der Waals surface area contributed by atoms with Crippen molar-refractivity contribution in [3.05, 3.63) is 176 Å². The van der Waals surface area contributed by atoms with Crippen molar-refractivity contribution >= 4 is 34.4 Å². The average Bonchev–Trinajstić information content (AvgIpc) is 3.06. The highest BCUT2D eigenvalue weighted by molar-refractivity contribution is 7.73. The fraction of sp³-hybridized carbons (Fsp3) is 0.100. The molecule has 0 aromatic heterocycles. The molecule has 0 amide bonds. The maximum Gasteiger partial charge on any atom is 0.150 e. The quantitative estimate of drug-likeness (QED) is 0.141. The van der Waals surface area contributed by atoms with Gasteiger partial charge in [0.05, 0.1) is 0 Å². The molecule has 0 radical (unpaired) electrons. The van der Waals surface area contributed by atoms with E-state index in [2.05, 4.69) is 110 Å². The van der Waals surface area contributed by atoms with Crippen molar-refractivity contribution in [3.8, 4) is 11.1 Å². The van der Waals surface area contributed by atoms with Crippen LogP contribution in [0.5, 0.6) is 0 Å². The number of nitrogens with one attached hydrogen (secondary N) is 1. The lowest BCUT2D eigenvalue weighted by Gasteiger charge is -2.28. The van der Waals surface area contributed by atoms with Crippen molar-refractivity contribution in [2.75, 3.05) is 12.4 Å². The number of fused-ring (bicyclic) bond motifs is 2. The van der Waals surface area contributed by atoms with Gasteiger partial charge in [-0.3, -0.25) is 0 Å². The molecule has 2 nitrogen and oxygen atoms in total. The molecule has 1 N–H and O–H groups in total. The minimum absolute atomic E-state index is 0.162. The molecule has 4 aromatic carbocycles. The highest BCUT2D eigenvalue weighted by Crippen LogP contribution is 2.67. The first kappa shape index (κ1) is 29.8. The normalized spacial score (nSPS) is 16.8. The molecule has 0 saturated carbocycles. The van der Waals surface area contributed by atoms with Crippen LogP contribution >= 0.6 is 7.14 Å². The molecular formula is C40H38NOP. The first-order valence-electron chi connectivity index (χ1n) is 14.6. The van der Waals surface area contributed by atoms with E-state index in [1.165, 1.54) is 32.7 Å². The van der Waals surface area contributed by atoms with Gasteiger partial charge in [-0.2, -0.15) is 0 Å². The molecule has 4 aromatic rings. The number of hydrogen-bond acceptors (Lipinski definition) is 2. The third-order valence-electron chi connectivity index (χ3n) is 8.04. The first-order chi connectivity index (χ1) is 21.0. The summed E-state index contributed by atoms with van der Waals surface area (Å²) >= 11 is 0. The Morgan fingerprint density at radius 3 is 2.26 bits per heavy atom. The van der Waals surface area contributed by atoms with Gasteiger partial charge in [-0.05, 0) is 57.6 Å². The standard InChI is InChI=1S/C40H38NOP/c1-5-16-34(7-3)43(42,36-22-9-8-10-23-36)35(17-6-2)24-15-21-31-27-26-30-18-13-14-25-37(30)40(31)38-28-32-19-11-12-20-33(32)29-39(38)41-4/h5-20,22,24-29,36,41H,1-3,21,23H2,4H3/b24-15+,34-16+,35-17+. The summed E-state index contributed by atoms with van der Waals surface area (Å²) in [5.74, 6) is 0. The van der Waals surface area contributed by atoms with Gasteiger partial charge in [0.1, 0.15) is 7.14 Å². The summed E-state index contributed by atoms with van der Waals surface area (Å²) in [6.45, 7) is 11.8. The van der Waals surface area contributed by atoms with Crippen molar-refractivity contribution in [1.29, 1.82) is 0 Å². The van der Waals surface area contributed by atoms with E-state index in [9.17, 15) is 0 Å². The number of benzene rings is 4. The fourth-order valence-corrected chi connectivity index (χ4v) is 9.04. The smallest absolute Gasteiger partial charge is 0.150 e. The number of hydrogen-bond donors (Lipinski definition) is 1. The Bertz CT molecular complexity index is 1900. The molecule has 1 aliphatic carbocycles. The average molecular weight is 580 g/mol. The van der Waals surface area contributed by atoms with Gasteiger partial charge in [-0.25, -0.2) is 0 Å². The van der Waals surface area contributed by atoms with Gasteiger partial charge in [0, 0.05) is 34.6 Å². The van der Waals surface area contributed by atoms with Gasteiger partial charge in [0.2, 0.25) is 0 Å². The maximum absolute atomic E-state index is 15.0. The van der Waals surface area contributed by atoms with Gasteiger partial charge in [0.25, 0.3) is 0 Å². The SMILES string of the molecule is C=C/C=C(\C=C)P(=O)(C(/C=C/Cc1ccc2ccccc2c1-c1cc2ccccc2cc1NC)=C/C=C)C1C=CC=CC1. The van der Waals surface area contributed by atoms with E-state index in [0.29, 0.717) is 18.2 Å². The van der Waals surface area contributed by atoms with Crippen LogP contribution in [-0.2, 0) is 11.0 Å². The Labute approximate surface area is 255 Å². The zero-order valence-electron chi connectivity index (χ0n) is 24.7. The maximum atomic E-state index is 15.0. The Hall–Kier alpha value is -4.65. The van der Waals surface area contributed by atoms with E-state index in [1.54, 1.807) is 18.2 Å². The Balaban J connectivity index is 1.63. The van der Waals surface area contributed by atoms with Crippen LogP contribution in [0.3, 0.4) is 0 Å². The Morgan fingerprint density at radius 2 is 1.58 bits per heavy atom. The summed E-state index contributed by atoms with van der Waals surface area (Å²) in [5.41, 5.74) is 4.48. The second kappa shape index (κ2) is 13.6.